The molecule has 4 aromatic carbocycles. The zero-order chi connectivity index (χ0) is 24.2. The van der Waals surface area contributed by atoms with Crippen molar-refractivity contribution in [1.82, 2.24) is 5.32 Å². The van der Waals surface area contributed by atoms with Crippen molar-refractivity contribution in [2.45, 2.75) is 18.4 Å². The monoisotopic (exact) mass is 463 g/mol. The summed E-state index contributed by atoms with van der Waals surface area (Å²) in [7, 11) is 0. The van der Waals surface area contributed by atoms with E-state index in [1.54, 1.807) is 0 Å². The van der Waals surface area contributed by atoms with Gasteiger partial charge in [0.1, 0.15) is 6.61 Å². The lowest BCUT2D eigenvalue weighted by Gasteiger charge is -2.20. The number of benzene rings is 4. The van der Waals surface area contributed by atoms with E-state index in [9.17, 15) is 14.7 Å². The number of hydrogen-bond donors (Lipinski definition) is 2. The van der Waals surface area contributed by atoms with E-state index < -0.39 is 18.1 Å². The summed E-state index contributed by atoms with van der Waals surface area (Å²) in [6.07, 6.45) is -0.883. The Morgan fingerprint density at radius 3 is 2.03 bits per heavy atom. The van der Waals surface area contributed by atoms with Gasteiger partial charge in [0.25, 0.3) is 0 Å². The maximum atomic E-state index is 12.8. The lowest BCUT2D eigenvalue weighted by Crippen LogP contribution is -2.31. The van der Waals surface area contributed by atoms with Crippen molar-refractivity contribution in [3.63, 3.8) is 0 Å². The van der Waals surface area contributed by atoms with E-state index in [-0.39, 0.29) is 18.9 Å². The van der Waals surface area contributed by atoms with E-state index in [0.717, 1.165) is 33.4 Å². The molecule has 0 saturated carbocycles. The van der Waals surface area contributed by atoms with Crippen LogP contribution >= 0.6 is 0 Å². The van der Waals surface area contributed by atoms with Crippen molar-refractivity contribution in [3.05, 3.63) is 120 Å². The fourth-order valence-electron chi connectivity index (χ4n) is 4.77. The Morgan fingerprint density at radius 1 is 0.771 bits per heavy atom. The molecule has 5 nitrogen and oxygen atoms in total. The maximum absolute atomic E-state index is 12.8. The number of carboxylic acids is 1. The molecule has 0 radical (unpaired) electrons. The third-order valence-electron chi connectivity index (χ3n) is 6.41. The minimum absolute atomic E-state index is 0.0625. The molecule has 4 aromatic rings. The standard InChI is InChI=1S/C30H25NO4/c32-29(33)18-28(22-12-8-11-21(17-22)20-9-2-1-3-10-20)31-30(34)35-19-27-25-15-6-4-13-23(25)24-14-5-7-16-26(24)27/h1-17,27-28H,18-19H2,(H,31,34)(H,32,33)/t28-/m1/s1. The molecule has 1 atom stereocenters. The highest BCUT2D eigenvalue weighted by Crippen LogP contribution is 2.44. The van der Waals surface area contributed by atoms with Gasteiger partial charge in [0, 0.05) is 5.92 Å². The Hall–Kier alpha value is -4.38. The highest BCUT2D eigenvalue weighted by molar-refractivity contribution is 5.79. The molecule has 2 N–H and O–H groups in total. The van der Waals surface area contributed by atoms with Crippen molar-refractivity contribution in [2.75, 3.05) is 6.61 Å². The van der Waals surface area contributed by atoms with Crippen LogP contribution in [0.4, 0.5) is 4.79 Å². The molecule has 0 bridgehead atoms. The van der Waals surface area contributed by atoms with Crippen LogP contribution in [0.1, 0.15) is 35.1 Å². The first-order chi connectivity index (χ1) is 17.1. The normalized spacial score (nSPS) is 12.9. The van der Waals surface area contributed by atoms with E-state index in [1.165, 1.54) is 0 Å². The van der Waals surface area contributed by atoms with Crippen LogP contribution in [0, 0.1) is 0 Å². The highest BCUT2D eigenvalue weighted by atomic mass is 16.5. The van der Waals surface area contributed by atoms with Crippen LogP contribution in [-0.4, -0.2) is 23.8 Å². The Morgan fingerprint density at radius 2 is 1.37 bits per heavy atom. The van der Waals surface area contributed by atoms with Gasteiger partial charge in [-0.1, -0.05) is 97.1 Å². The van der Waals surface area contributed by atoms with Gasteiger partial charge in [-0.3, -0.25) is 4.79 Å². The number of aliphatic carboxylic acids is 1. The molecular formula is C30H25NO4. The first-order valence-electron chi connectivity index (χ1n) is 11.6. The summed E-state index contributed by atoms with van der Waals surface area (Å²) in [5.41, 5.74) is 7.23. The summed E-state index contributed by atoms with van der Waals surface area (Å²) in [6, 6.07) is 32.9. The molecule has 174 valence electrons. The molecule has 0 aromatic heterocycles. The lowest BCUT2D eigenvalue weighted by molar-refractivity contribution is -0.137. The average molecular weight is 464 g/mol. The lowest BCUT2D eigenvalue weighted by atomic mass is 9.98. The second-order valence-corrected chi connectivity index (χ2v) is 8.61. The van der Waals surface area contributed by atoms with Crippen molar-refractivity contribution in [1.29, 1.82) is 0 Å². The molecule has 5 rings (SSSR count). The van der Waals surface area contributed by atoms with Gasteiger partial charge in [0.2, 0.25) is 0 Å². The Bertz CT molecular complexity index is 1320. The fourth-order valence-corrected chi connectivity index (χ4v) is 4.77. The summed E-state index contributed by atoms with van der Waals surface area (Å²) in [5.74, 6) is -1.06. The largest absolute Gasteiger partial charge is 0.481 e. The zero-order valence-electron chi connectivity index (χ0n) is 19.1. The second-order valence-electron chi connectivity index (χ2n) is 8.61. The molecule has 1 aliphatic rings. The SMILES string of the molecule is O=C(O)C[C@@H](NC(=O)OCC1c2ccccc2-c2ccccc21)c1cccc(-c2ccccc2)c1. The molecule has 5 heteroatoms. The quantitative estimate of drug-likeness (QED) is 0.332. The van der Waals surface area contributed by atoms with Gasteiger partial charge < -0.3 is 15.2 Å². The number of ether oxygens (including phenoxy) is 1. The molecule has 0 heterocycles. The second kappa shape index (κ2) is 9.85. The minimum Gasteiger partial charge on any atom is -0.481 e. The van der Waals surface area contributed by atoms with Crippen LogP contribution < -0.4 is 5.32 Å². The molecule has 1 amide bonds. The molecular weight excluding hydrogens is 438 g/mol. The van der Waals surface area contributed by atoms with Gasteiger partial charge in [0.15, 0.2) is 0 Å². The van der Waals surface area contributed by atoms with Crippen LogP contribution in [0.3, 0.4) is 0 Å². The first kappa shape index (κ1) is 22.4. The summed E-state index contributed by atoms with van der Waals surface area (Å²) in [5, 5.41) is 12.2. The molecule has 0 saturated heterocycles. The highest BCUT2D eigenvalue weighted by Gasteiger charge is 2.29. The number of carbonyl (C=O) groups is 2. The summed E-state index contributed by atoms with van der Waals surface area (Å²) in [4.78, 5) is 24.4. The molecule has 35 heavy (non-hydrogen) atoms. The van der Waals surface area contributed by atoms with Gasteiger partial charge >= 0.3 is 12.1 Å². The number of amides is 1. The number of carboxylic acid groups (broad SMARTS) is 1. The number of nitrogens with one attached hydrogen (secondary N) is 1. The number of hydrogen-bond acceptors (Lipinski definition) is 3. The Balaban J connectivity index is 1.32. The van der Waals surface area contributed by atoms with Crippen molar-refractivity contribution >= 4 is 12.1 Å². The summed E-state index contributed by atoms with van der Waals surface area (Å²) < 4.78 is 5.65. The molecule has 0 aliphatic heterocycles. The summed E-state index contributed by atoms with van der Waals surface area (Å²) >= 11 is 0. The van der Waals surface area contributed by atoms with Crippen LogP contribution in [0.2, 0.25) is 0 Å². The third-order valence-corrected chi connectivity index (χ3v) is 6.41. The molecule has 1 aliphatic carbocycles. The van der Waals surface area contributed by atoms with Gasteiger partial charge in [0.05, 0.1) is 12.5 Å². The van der Waals surface area contributed by atoms with Gasteiger partial charge in [-0.2, -0.15) is 0 Å². The predicted molar refractivity (Wildman–Crippen MR) is 135 cm³/mol. The number of rotatable bonds is 7. The first-order valence-corrected chi connectivity index (χ1v) is 11.6. The van der Waals surface area contributed by atoms with Crippen molar-refractivity contribution in [3.8, 4) is 22.3 Å². The van der Waals surface area contributed by atoms with E-state index in [1.807, 2.05) is 78.9 Å². The summed E-state index contributed by atoms with van der Waals surface area (Å²) in [6.45, 7) is 0.170. The van der Waals surface area contributed by atoms with E-state index in [4.69, 9.17) is 4.74 Å². The zero-order valence-corrected chi connectivity index (χ0v) is 19.1. The third kappa shape index (κ3) is 4.80. The molecule has 0 spiro atoms. The predicted octanol–water partition coefficient (Wildman–Crippen LogP) is 6.41. The van der Waals surface area contributed by atoms with Crippen molar-refractivity contribution in [2.24, 2.45) is 0 Å². The minimum atomic E-state index is -1.00. The fraction of sp³-hybridized carbons (Fsp3) is 0.133. The Labute approximate surface area is 204 Å². The number of alkyl carbamates (subject to hydrolysis) is 1. The van der Waals surface area contributed by atoms with Crippen LogP contribution in [0.25, 0.3) is 22.3 Å². The van der Waals surface area contributed by atoms with Gasteiger partial charge in [-0.05, 0) is 45.0 Å². The van der Waals surface area contributed by atoms with Crippen LogP contribution in [-0.2, 0) is 9.53 Å². The van der Waals surface area contributed by atoms with Crippen molar-refractivity contribution < 1.29 is 19.4 Å². The topological polar surface area (TPSA) is 75.6 Å². The number of fused-ring (bicyclic) bond motifs is 3. The van der Waals surface area contributed by atoms with E-state index >= 15 is 0 Å². The number of carbonyl (C=O) groups excluding carboxylic acids is 1. The van der Waals surface area contributed by atoms with Gasteiger partial charge in [-0.15, -0.1) is 0 Å². The maximum Gasteiger partial charge on any atom is 0.407 e. The molecule has 0 unspecified atom stereocenters. The average Bonchev–Trinajstić information content (AvgIpc) is 3.21. The van der Waals surface area contributed by atoms with Gasteiger partial charge in [-0.25, -0.2) is 4.79 Å². The van der Waals surface area contributed by atoms with E-state index in [0.29, 0.717) is 5.56 Å². The van der Waals surface area contributed by atoms with Crippen LogP contribution in [0.15, 0.2) is 103 Å². The Kier molecular flexibility index (Phi) is 6.31. The smallest absolute Gasteiger partial charge is 0.407 e. The van der Waals surface area contributed by atoms with E-state index in [2.05, 4.69) is 29.6 Å². The van der Waals surface area contributed by atoms with Crippen LogP contribution in [0.5, 0.6) is 0 Å². The molecule has 0 fully saturated rings.